The molecule has 0 bridgehead atoms. The minimum absolute atomic E-state index is 0.0107. The Morgan fingerprint density at radius 2 is 1.96 bits per heavy atom. The molecule has 2 heterocycles. The van der Waals surface area contributed by atoms with Crippen LogP contribution in [-0.2, 0) is 9.53 Å². The van der Waals surface area contributed by atoms with Crippen molar-refractivity contribution in [2.75, 3.05) is 79.7 Å². The van der Waals surface area contributed by atoms with Crippen LogP contribution in [-0.4, -0.2) is 112 Å². The first-order valence-electron chi connectivity index (χ1n) is 10.7. The SMILES string of the molecule is CC(C)CN1CCC[C@@H]1CNC(=NCC(=O)N(C)C)NCCN1CCOCC1. The van der Waals surface area contributed by atoms with Crippen LogP contribution in [0, 0.1) is 5.92 Å². The normalized spacial score (nSPS) is 21.9. The minimum Gasteiger partial charge on any atom is -0.379 e. The first-order valence-corrected chi connectivity index (χ1v) is 10.7. The third kappa shape index (κ3) is 8.32. The monoisotopic (exact) mass is 396 g/mol. The average molecular weight is 397 g/mol. The van der Waals surface area contributed by atoms with Gasteiger partial charge in [-0.1, -0.05) is 13.8 Å². The number of ether oxygens (including phenoxy) is 1. The van der Waals surface area contributed by atoms with Gasteiger partial charge in [0.1, 0.15) is 6.54 Å². The second kappa shape index (κ2) is 12.2. The van der Waals surface area contributed by atoms with Gasteiger partial charge in [0.15, 0.2) is 5.96 Å². The average Bonchev–Trinajstić information content (AvgIpc) is 3.10. The van der Waals surface area contributed by atoms with Crippen molar-refractivity contribution in [3.63, 3.8) is 0 Å². The molecule has 0 aromatic rings. The zero-order valence-corrected chi connectivity index (χ0v) is 18.2. The zero-order chi connectivity index (χ0) is 20.4. The number of guanidine groups is 1. The Kier molecular flexibility index (Phi) is 10.0. The van der Waals surface area contributed by atoms with Crippen molar-refractivity contribution < 1.29 is 9.53 Å². The molecule has 0 aromatic heterocycles. The number of nitrogens with one attached hydrogen (secondary N) is 2. The standard InChI is InChI=1S/C20H40N6O2/c1-17(2)16-26-8-5-6-18(26)14-22-20(23-15-19(27)24(3)4)21-7-9-25-10-12-28-13-11-25/h17-18H,5-16H2,1-4H3,(H2,21,22,23)/t18-/m1/s1. The van der Waals surface area contributed by atoms with Crippen LogP contribution in [0.15, 0.2) is 4.99 Å². The molecule has 8 nitrogen and oxygen atoms in total. The van der Waals surface area contributed by atoms with Crippen LogP contribution in [0.1, 0.15) is 26.7 Å². The van der Waals surface area contributed by atoms with Gasteiger partial charge in [0.2, 0.25) is 5.91 Å². The Hall–Kier alpha value is -1.38. The van der Waals surface area contributed by atoms with Gasteiger partial charge in [-0.25, -0.2) is 4.99 Å². The number of likely N-dealkylation sites (N-methyl/N-ethyl adjacent to an activating group) is 1. The predicted octanol–water partition coefficient (Wildman–Crippen LogP) is 0.0624. The molecule has 0 aliphatic carbocycles. The van der Waals surface area contributed by atoms with E-state index < -0.39 is 0 Å². The summed E-state index contributed by atoms with van der Waals surface area (Å²) < 4.78 is 5.40. The van der Waals surface area contributed by atoms with Crippen LogP contribution in [0.2, 0.25) is 0 Å². The van der Waals surface area contributed by atoms with E-state index in [1.807, 2.05) is 0 Å². The molecule has 2 saturated heterocycles. The molecule has 2 aliphatic heterocycles. The van der Waals surface area contributed by atoms with Crippen LogP contribution < -0.4 is 10.6 Å². The van der Waals surface area contributed by atoms with Crippen LogP contribution in [0.4, 0.5) is 0 Å². The van der Waals surface area contributed by atoms with Crippen molar-refractivity contribution in [3.8, 4) is 0 Å². The Morgan fingerprint density at radius 1 is 1.21 bits per heavy atom. The fourth-order valence-corrected chi connectivity index (χ4v) is 3.67. The molecule has 28 heavy (non-hydrogen) atoms. The second-order valence-corrected chi connectivity index (χ2v) is 8.40. The lowest BCUT2D eigenvalue weighted by Crippen LogP contribution is -2.48. The van der Waals surface area contributed by atoms with E-state index in [0.717, 1.165) is 58.4 Å². The van der Waals surface area contributed by atoms with Gasteiger partial charge in [-0.2, -0.15) is 0 Å². The number of aliphatic imine (C=N–C) groups is 1. The number of hydrogen-bond donors (Lipinski definition) is 2. The zero-order valence-electron chi connectivity index (χ0n) is 18.2. The number of morpholine rings is 1. The first-order chi connectivity index (χ1) is 13.5. The van der Waals surface area contributed by atoms with E-state index in [0.29, 0.717) is 12.0 Å². The summed E-state index contributed by atoms with van der Waals surface area (Å²) in [4.78, 5) is 23.0. The largest absolute Gasteiger partial charge is 0.379 e. The van der Waals surface area contributed by atoms with Gasteiger partial charge >= 0.3 is 0 Å². The van der Waals surface area contributed by atoms with E-state index in [4.69, 9.17) is 4.74 Å². The highest BCUT2D eigenvalue weighted by molar-refractivity contribution is 5.84. The van der Waals surface area contributed by atoms with Crippen molar-refractivity contribution in [1.29, 1.82) is 0 Å². The van der Waals surface area contributed by atoms with Gasteiger partial charge in [-0.05, 0) is 25.3 Å². The number of likely N-dealkylation sites (tertiary alicyclic amines) is 1. The molecule has 0 aromatic carbocycles. The summed E-state index contributed by atoms with van der Waals surface area (Å²) in [6, 6.07) is 0.540. The third-order valence-corrected chi connectivity index (χ3v) is 5.30. The Morgan fingerprint density at radius 3 is 2.64 bits per heavy atom. The highest BCUT2D eigenvalue weighted by atomic mass is 16.5. The van der Waals surface area contributed by atoms with Crippen molar-refractivity contribution in [2.45, 2.75) is 32.7 Å². The third-order valence-electron chi connectivity index (χ3n) is 5.30. The highest BCUT2D eigenvalue weighted by Gasteiger charge is 2.25. The van der Waals surface area contributed by atoms with Crippen LogP contribution in [0.3, 0.4) is 0 Å². The van der Waals surface area contributed by atoms with Crippen molar-refractivity contribution in [3.05, 3.63) is 0 Å². The van der Waals surface area contributed by atoms with Crippen molar-refractivity contribution in [2.24, 2.45) is 10.9 Å². The fraction of sp³-hybridized carbons (Fsp3) is 0.900. The highest BCUT2D eigenvalue weighted by Crippen LogP contribution is 2.17. The van der Waals surface area contributed by atoms with Gasteiger partial charge in [-0.15, -0.1) is 0 Å². The van der Waals surface area contributed by atoms with E-state index in [1.165, 1.54) is 19.4 Å². The van der Waals surface area contributed by atoms with Crippen LogP contribution >= 0.6 is 0 Å². The lowest BCUT2D eigenvalue weighted by Gasteiger charge is -2.28. The summed E-state index contributed by atoms with van der Waals surface area (Å²) in [6.45, 7) is 13.2. The fourth-order valence-electron chi connectivity index (χ4n) is 3.67. The predicted molar refractivity (Wildman–Crippen MR) is 114 cm³/mol. The molecular formula is C20H40N6O2. The second-order valence-electron chi connectivity index (χ2n) is 8.40. The number of rotatable bonds is 9. The van der Waals surface area contributed by atoms with Gasteiger partial charge in [0, 0.05) is 59.4 Å². The van der Waals surface area contributed by atoms with Crippen LogP contribution in [0.25, 0.3) is 0 Å². The number of hydrogen-bond acceptors (Lipinski definition) is 5. The van der Waals surface area contributed by atoms with Gasteiger partial charge in [0.25, 0.3) is 0 Å². The van der Waals surface area contributed by atoms with E-state index in [9.17, 15) is 4.79 Å². The van der Waals surface area contributed by atoms with E-state index in [1.54, 1.807) is 19.0 Å². The van der Waals surface area contributed by atoms with Gasteiger partial charge in [-0.3, -0.25) is 14.6 Å². The Balaban J connectivity index is 1.83. The van der Waals surface area contributed by atoms with Crippen molar-refractivity contribution in [1.82, 2.24) is 25.3 Å². The Bertz CT molecular complexity index is 491. The summed E-state index contributed by atoms with van der Waals surface area (Å²) in [5, 5.41) is 6.89. The first kappa shape index (κ1) is 22.9. The number of amides is 1. The van der Waals surface area contributed by atoms with E-state index in [-0.39, 0.29) is 12.5 Å². The maximum Gasteiger partial charge on any atom is 0.243 e. The minimum atomic E-state index is 0.0107. The molecule has 1 amide bonds. The number of nitrogens with zero attached hydrogens (tertiary/aromatic N) is 4. The Labute approximate surface area is 170 Å². The van der Waals surface area contributed by atoms with E-state index in [2.05, 4.69) is 39.3 Å². The summed E-state index contributed by atoms with van der Waals surface area (Å²) in [7, 11) is 3.53. The van der Waals surface area contributed by atoms with Crippen LogP contribution in [0.5, 0.6) is 0 Å². The summed E-state index contributed by atoms with van der Waals surface area (Å²) in [5.41, 5.74) is 0. The molecule has 1 atom stereocenters. The topological polar surface area (TPSA) is 72.4 Å². The lowest BCUT2D eigenvalue weighted by molar-refractivity contribution is -0.127. The van der Waals surface area contributed by atoms with Gasteiger partial charge in [0.05, 0.1) is 13.2 Å². The van der Waals surface area contributed by atoms with E-state index >= 15 is 0 Å². The molecule has 0 radical (unpaired) electrons. The summed E-state index contributed by atoms with van der Waals surface area (Å²) in [5.74, 6) is 1.43. The molecule has 0 spiro atoms. The maximum atomic E-state index is 11.9. The quantitative estimate of drug-likeness (QED) is 0.424. The van der Waals surface area contributed by atoms with Gasteiger partial charge < -0.3 is 20.3 Å². The smallest absolute Gasteiger partial charge is 0.243 e. The molecule has 0 unspecified atom stereocenters. The molecule has 2 rings (SSSR count). The molecule has 8 heteroatoms. The molecule has 2 aliphatic rings. The molecule has 2 N–H and O–H groups in total. The lowest BCUT2D eigenvalue weighted by atomic mass is 10.1. The summed E-state index contributed by atoms with van der Waals surface area (Å²) >= 11 is 0. The summed E-state index contributed by atoms with van der Waals surface area (Å²) in [6.07, 6.45) is 2.48. The molecule has 2 fully saturated rings. The molecule has 162 valence electrons. The number of carbonyl (C=O) groups excluding carboxylic acids is 1. The molecular weight excluding hydrogens is 356 g/mol. The van der Waals surface area contributed by atoms with Crippen molar-refractivity contribution >= 4 is 11.9 Å². The number of carbonyl (C=O) groups is 1. The maximum absolute atomic E-state index is 11.9. The molecule has 0 saturated carbocycles.